The van der Waals surface area contributed by atoms with E-state index in [-0.39, 0.29) is 10.6 Å². The molecule has 0 radical (unpaired) electrons. The highest BCUT2D eigenvalue weighted by Crippen LogP contribution is 2.45. The summed E-state index contributed by atoms with van der Waals surface area (Å²) in [6.07, 6.45) is 1.26. The molecule has 0 saturated carbocycles. The smallest absolute Gasteiger partial charge is 0.292 e. The number of ether oxygens (including phenoxy) is 1. The molecule has 0 aromatic heterocycles. The van der Waals surface area contributed by atoms with Gasteiger partial charge in [-0.3, -0.25) is 10.1 Å². The van der Waals surface area contributed by atoms with E-state index in [2.05, 4.69) is 15.9 Å². The zero-order chi connectivity index (χ0) is 16.7. The van der Waals surface area contributed by atoms with Crippen molar-refractivity contribution in [3.63, 3.8) is 0 Å². The minimum absolute atomic E-state index is 0.0321. The van der Waals surface area contributed by atoms with Gasteiger partial charge in [-0.2, -0.15) is 0 Å². The second kappa shape index (κ2) is 5.76. The molecule has 4 rings (SSSR count). The van der Waals surface area contributed by atoms with Crippen LogP contribution in [0.25, 0.3) is 10.8 Å². The lowest BCUT2D eigenvalue weighted by Gasteiger charge is -2.24. The van der Waals surface area contributed by atoms with Crippen LogP contribution in [0.3, 0.4) is 0 Å². The number of fused-ring (bicyclic) bond motifs is 3. The average molecular weight is 382 g/mol. The maximum atomic E-state index is 11.6. The van der Waals surface area contributed by atoms with Crippen LogP contribution in [-0.2, 0) is 0 Å². The SMILES string of the molecule is O=[N+]([O-])C1=COc2c(ccc3ccccc23)C1c1ccccc1Br. The van der Waals surface area contributed by atoms with E-state index in [4.69, 9.17) is 4.74 Å². The van der Waals surface area contributed by atoms with E-state index in [0.717, 1.165) is 26.4 Å². The van der Waals surface area contributed by atoms with Gasteiger partial charge in [0.2, 0.25) is 0 Å². The molecule has 5 heteroatoms. The summed E-state index contributed by atoms with van der Waals surface area (Å²) < 4.78 is 6.52. The van der Waals surface area contributed by atoms with Crippen molar-refractivity contribution in [2.24, 2.45) is 0 Å². The molecular weight excluding hydrogens is 370 g/mol. The van der Waals surface area contributed by atoms with Crippen LogP contribution in [0.2, 0.25) is 0 Å². The molecule has 1 aliphatic rings. The monoisotopic (exact) mass is 381 g/mol. The largest absolute Gasteiger partial charge is 0.457 e. The van der Waals surface area contributed by atoms with E-state index in [9.17, 15) is 10.1 Å². The number of allylic oxidation sites excluding steroid dienone is 1. The molecule has 0 N–H and O–H groups in total. The summed E-state index contributed by atoms with van der Waals surface area (Å²) in [6, 6.07) is 19.3. The maximum Gasteiger partial charge on any atom is 0.292 e. The zero-order valence-electron chi connectivity index (χ0n) is 12.5. The molecule has 3 aromatic rings. The Kier molecular flexibility index (Phi) is 3.58. The molecule has 1 aliphatic heterocycles. The first kappa shape index (κ1) is 14.9. The van der Waals surface area contributed by atoms with Gasteiger partial charge in [-0.05, 0) is 17.0 Å². The Bertz CT molecular complexity index is 997. The predicted molar refractivity (Wildman–Crippen MR) is 95.6 cm³/mol. The highest BCUT2D eigenvalue weighted by Gasteiger charge is 2.36. The van der Waals surface area contributed by atoms with Gasteiger partial charge in [-0.1, -0.05) is 70.5 Å². The van der Waals surface area contributed by atoms with Crippen LogP contribution in [0.4, 0.5) is 0 Å². The van der Waals surface area contributed by atoms with E-state index in [0.29, 0.717) is 5.75 Å². The third-order valence-corrected chi connectivity index (χ3v) is 4.96. The van der Waals surface area contributed by atoms with E-state index in [1.807, 2.05) is 60.7 Å². The third-order valence-electron chi connectivity index (χ3n) is 4.24. The first-order chi connectivity index (χ1) is 11.7. The van der Waals surface area contributed by atoms with E-state index in [1.165, 1.54) is 6.26 Å². The Balaban J connectivity index is 2.01. The fourth-order valence-electron chi connectivity index (χ4n) is 3.15. The second-order valence-electron chi connectivity index (χ2n) is 5.58. The standard InChI is InChI=1S/C19H12BrNO3/c20-16-8-4-3-7-14(16)18-15-10-9-12-5-1-2-6-13(12)19(15)24-11-17(18)21(22)23/h1-11,18H. The lowest BCUT2D eigenvalue weighted by Crippen LogP contribution is -2.18. The number of hydrogen-bond acceptors (Lipinski definition) is 3. The molecule has 0 saturated heterocycles. The summed E-state index contributed by atoms with van der Waals surface area (Å²) in [5, 5.41) is 13.6. The number of hydrogen-bond donors (Lipinski definition) is 0. The van der Waals surface area contributed by atoms with Gasteiger partial charge in [0.25, 0.3) is 5.70 Å². The van der Waals surface area contributed by atoms with Crippen molar-refractivity contribution in [3.05, 3.63) is 98.3 Å². The normalized spacial score (nSPS) is 16.2. The minimum Gasteiger partial charge on any atom is -0.457 e. The molecule has 1 heterocycles. The molecule has 0 bridgehead atoms. The Morgan fingerprint density at radius 1 is 0.958 bits per heavy atom. The molecule has 0 fully saturated rings. The first-order valence-electron chi connectivity index (χ1n) is 7.44. The Morgan fingerprint density at radius 3 is 2.50 bits per heavy atom. The van der Waals surface area contributed by atoms with Crippen LogP contribution in [0, 0.1) is 10.1 Å². The van der Waals surface area contributed by atoms with Crippen molar-refractivity contribution in [2.45, 2.75) is 5.92 Å². The van der Waals surface area contributed by atoms with Crippen LogP contribution in [0.1, 0.15) is 17.0 Å². The predicted octanol–water partition coefficient (Wildman–Crippen LogP) is 5.24. The number of nitrogens with zero attached hydrogens (tertiary/aromatic N) is 1. The molecule has 1 unspecified atom stereocenters. The molecule has 1 atom stereocenters. The van der Waals surface area contributed by atoms with Crippen LogP contribution in [-0.4, -0.2) is 4.92 Å². The Hall–Kier alpha value is -2.66. The fourth-order valence-corrected chi connectivity index (χ4v) is 3.66. The van der Waals surface area contributed by atoms with E-state index < -0.39 is 5.92 Å². The molecule has 24 heavy (non-hydrogen) atoms. The van der Waals surface area contributed by atoms with Crippen molar-refractivity contribution < 1.29 is 9.66 Å². The summed E-state index contributed by atoms with van der Waals surface area (Å²) >= 11 is 3.52. The molecule has 118 valence electrons. The summed E-state index contributed by atoms with van der Waals surface area (Å²) in [5.41, 5.74) is 1.68. The number of rotatable bonds is 2. The van der Waals surface area contributed by atoms with E-state index >= 15 is 0 Å². The summed E-state index contributed by atoms with van der Waals surface area (Å²) in [4.78, 5) is 11.2. The molecular formula is C19H12BrNO3. The van der Waals surface area contributed by atoms with Gasteiger partial charge in [-0.25, -0.2) is 0 Å². The van der Waals surface area contributed by atoms with Crippen molar-refractivity contribution in [3.8, 4) is 5.75 Å². The number of benzene rings is 3. The maximum absolute atomic E-state index is 11.6. The zero-order valence-corrected chi connectivity index (χ0v) is 14.1. The lowest BCUT2D eigenvalue weighted by molar-refractivity contribution is -0.431. The van der Waals surface area contributed by atoms with Gasteiger partial charge in [0.05, 0.1) is 4.92 Å². The van der Waals surface area contributed by atoms with Gasteiger partial charge >= 0.3 is 0 Å². The van der Waals surface area contributed by atoms with Gasteiger partial charge in [0.15, 0.2) is 6.26 Å². The number of nitro groups is 1. The summed E-state index contributed by atoms with van der Waals surface area (Å²) in [6.45, 7) is 0. The van der Waals surface area contributed by atoms with Crippen molar-refractivity contribution in [1.82, 2.24) is 0 Å². The molecule has 0 spiro atoms. The van der Waals surface area contributed by atoms with Crippen LogP contribution in [0.5, 0.6) is 5.75 Å². The van der Waals surface area contributed by atoms with Gasteiger partial charge < -0.3 is 4.74 Å². The first-order valence-corrected chi connectivity index (χ1v) is 8.23. The highest BCUT2D eigenvalue weighted by atomic mass is 79.9. The quantitative estimate of drug-likeness (QED) is 0.450. The molecule has 0 amide bonds. The van der Waals surface area contributed by atoms with E-state index in [1.54, 1.807) is 0 Å². The summed E-state index contributed by atoms with van der Waals surface area (Å²) in [7, 11) is 0. The Morgan fingerprint density at radius 2 is 1.71 bits per heavy atom. The number of halogens is 1. The third kappa shape index (κ3) is 2.29. The van der Waals surface area contributed by atoms with Crippen LogP contribution >= 0.6 is 15.9 Å². The van der Waals surface area contributed by atoms with Crippen LogP contribution < -0.4 is 4.74 Å². The fraction of sp³-hybridized carbons (Fsp3) is 0.0526. The molecule has 0 aliphatic carbocycles. The van der Waals surface area contributed by atoms with Crippen molar-refractivity contribution in [2.75, 3.05) is 0 Å². The highest BCUT2D eigenvalue weighted by molar-refractivity contribution is 9.10. The minimum atomic E-state index is -0.482. The lowest BCUT2D eigenvalue weighted by atomic mass is 9.86. The Labute approximate surface area is 146 Å². The van der Waals surface area contributed by atoms with Gasteiger partial charge in [0.1, 0.15) is 11.7 Å². The van der Waals surface area contributed by atoms with Gasteiger partial charge in [0, 0.05) is 15.4 Å². The van der Waals surface area contributed by atoms with Crippen LogP contribution in [0.15, 0.2) is 77.1 Å². The molecule has 3 aromatic carbocycles. The topological polar surface area (TPSA) is 52.4 Å². The molecule has 4 nitrogen and oxygen atoms in total. The second-order valence-corrected chi connectivity index (χ2v) is 6.43. The average Bonchev–Trinajstić information content (AvgIpc) is 2.61. The van der Waals surface area contributed by atoms with Crippen molar-refractivity contribution in [1.29, 1.82) is 0 Å². The van der Waals surface area contributed by atoms with Crippen molar-refractivity contribution >= 4 is 26.7 Å². The summed E-state index contributed by atoms with van der Waals surface area (Å²) in [5.74, 6) is 0.198. The van der Waals surface area contributed by atoms with Gasteiger partial charge in [-0.15, -0.1) is 0 Å².